The number of nitrogens with one attached hydrogen (secondary N) is 1. The molecule has 5 nitrogen and oxygen atoms in total. The van der Waals surface area contributed by atoms with Crippen LogP contribution < -0.4 is 5.32 Å². The Morgan fingerprint density at radius 3 is 2.82 bits per heavy atom. The molecule has 1 N–H and O–H groups in total. The number of carbonyl (C=O) groups excluding carboxylic acids is 1. The number of halogens is 4. The van der Waals surface area contributed by atoms with Crippen LogP contribution in [0.4, 0.5) is 23.2 Å². The number of hydrazone groups is 1. The van der Waals surface area contributed by atoms with E-state index in [-0.39, 0.29) is 12.1 Å². The Morgan fingerprint density at radius 2 is 2.23 bits per heavy atom. The van der Waals surface area contributed by atoms with Crippen LogP contribution in [0.2, 0.25) is 0 Å². The average molecular weight is 314 g/mol. The van der Waals surface area contributed by atoms with Crippen LogP contribution in [0.5, 0.6) is 0 Å². The summed E-state index contributed by atoms with van der Waals surface area (Å²) in [5.41, 5.74) is -1.81. The van der Waals surface area contributed by atoms with Crippen LogP contribution in [-0.4, -0.2) is 30.0 Å². The molecule has 0 aromatic heterocycles. The van der Waals surface area contributed by atoms with Crippen LogP contribution in [0, 0.1) is 11.3 Å². The number of carbonyl (C=O) groups is 1. The number of benzene rings is 1. The van der Waals surface area contributed by atoms with Crippen molar-refractivity contribution >= 4 is 17.8 Å². The molecule has 2 rings (SSSR count). The van der Waals surface area contributed by atoms with Gasteiger partial charge in [0.1, 0.15) is 6.04 Å². The number of anilines is 1. The van der Waals surface area contributed by atoms with Gasteiger partial charge in [-0.15, -0.1) is 0 Å². The van der Waals surface area contributed by atoms with Crippen LogP contribution in [0.25, 0.3) is 0 Å². The molecule has 0 radical (unpaired) electrons. The van der Waals surface area contributed by atoms with E-state index in [2.05, 4.69) is 10.4 Å². The molecule has 1 unspecified atom stereocenters. The Bertz CT molecular complexity index is 650. The molecule has 116 valence electrons. The number of hydrogen-bond donors (Lipinski definition) is 1. The van der Waals surface area contributed by atoms with Gasteiger partial charge < -0.3 is 5.32 Å². The first kappa shape index (κ1) is 15.8. The van der Waals surface area contributed by atoms with Crippen LogP contribution >= 0.6 is 0 Å². The largest absolute Gasteiger partial charge is 0.417 e. The van der Waals surface area contributed by atoms with Gasteiger partial charge in [-0.3, -0.25) is 9.80 Å². The highest BCUT2D eigenvalue weighted by molar-refractivity contribution is 5.97. The number of nitrogens with zero attached hydrogens (tertiary/aromatic N) is 3. The zero-order valence-electron chi connectivity index (χ0n) is 11.1. The summed E-state index contributed by atoms with van der Waals surface area (Å²) in [6, 6.07) is 3.36. The van der Waals surface area contributed by atoms with Gasteiger partial charge in [0.05, 0.1) is 17.2 Å². The normalized spacial score (nSPS) is 17.4. The fourth-order valence-electron chi connectivity index (χ4n) is 1.99. The number of rotatable bonds is 3. The smallest absolute Gasteiger partial charge is 0.324 e. The van der Waals surface area contributed by atoms with Gasteiger partial charge in [0.15, 0.2) is 6.80 Å². The zero-order chi connectivity index (χ0) is 16.3. The fraction of sp³-hybridized carbons (Fsp3) is 0.308. The molecule has 22 heavy (non-hydrogen) atoms. The van der Waals surface area contributed by atoms with Gasteiger partial charge in [-0.25, -0.2) is 4.39 Å². The first-order valence-electron chi connectivity index (χ1n) is 6.14. The second kappa shape index (κ2) is 6.01. The quantitative estimate of drug-likeness (QED) is 0.688. The molecular formula is C13H10F4N4O. The maximum atomic E-state index is 12.8. The van der Waals surface area contributed by atoms with Gasteiger partial charge >= 0.3 is 6.18 Å². The predicted octanol–water partition coefficient (Wildman–Crippen LogP) is 2.50. The summed E-state index contributed by atoms with van der Waals surface area (Å²) < 4.78 is 51.1. The molecule has 9 heteroatoms. The summed E-state index contributed by atoms with van der Waals surface area (Å²) >= 11 is 0. The minimum absolute atomic E-state index is 0.123. The maximum absolute atomic E-state index is 12.8. The van der Waals surface area contributed by atoms with E-state index in [0.717, 1.165) is 11.1 Å². The predicted molar refractivity (Wildman–Crippen MR) is 69.5 cm³/mol. The Hall–Kier alpha value is -2.63. The van der Waals surface area contributed by atoms with Crippen LogP contribution in [0.15, 0.2) is 23.3 Å². The topological polar surface area (TPSA) is 68.5 Å². The lowest BCUT2D eigenvalue weighted by Crippen LogP contribution is -2.38. The highest BCUT2D eigenvalue weighted by Crippen LogP contribution is 2.33. The third-order valence-corrected chi connectivity index (χ3v) is 3.06. The van der Waals surface area contributed by atoms with Crippen LogP contribution in [0.1, 0.15) is 17.5 Å². The molecular weight excluding hydrogens is 304 g/mol. The minimum atomic E-state index is -4.72. The summed E-state index contributed by atoms with van der Waals surface area (Å²) in [5.74, 6) is -0.673. The molecule has 1 aromatic carbocycles. The van der Waals surface area contributed by atoms with Crippen molar-refractivity contribution in [3.8, 4) is 6.07 Å². The van der Waals surface area contributed by atoms with Crippen LogP contribution in [-0.2, 0) is 11.0 Å². The average Bonchev–Trinajstić information content (AvgIpc) is 2.94. The van der Waals surface area contributed by atoms with E-state index in [1.54, 1.807) is 0 Å². The molecule has 1 amide bonds. The van der Waals surface area contributed by atoms with E-state index in [0.29, 0.717) is 6.07 Å². The highest BCUT2D eigenvalue weighted by atomic mass is 19.4. The van der Waals surface area contributed by atoms with Gasteiger partial charge in [-0.1, -0.05) is 0 Å². The van der Waals surface area contributed by atoms with E-state index in [1.807, 2.05) is 0 Å². The highest BCUT2D eigenvalue weighted by Gasteiger charge is 2.34. The summed E-state index contributed by atoms with van der Waals surface area (Å²) in [5, 5.41) is 15.5. The van der Waals surface area contributed by atoms with Crippen molar-refractivity contribution in [1.82, 2.24) is 5.01 Å². The monoisotopic (exact) mass is 314 g/mol. The first-order chi connectivity index (χ1) is 10.4. The van der Waals surface area contributed by atoms with Gasteiger partial charge in [0.25, 0.3) is 0 Å². The molecule has 0 spiro atoms. The van der Waals surface area contributed by atoms with Gasteiger partial charge in [-0.05, 0) is 18.2 Å². The van der Waals surface area contributed by atoms with Gasteiger partial charge in [0, 0.05) is 18.3 Å². The first-order valence-corrected chi connectivity index (χ1v) is 6.14. The van der Waals surface area contributed by atoms with Gasteiger partial charge in [0.2, 0.25) is 5.91 Å². The van der Waals surface area contributed by atoms with Crippen molar-refractivity contribution in [2.45, 2.75) is 18.6 Å². The van der Waals surface area contributed by atoms with Gasteiger partial charge in [-0.2, -0.15) is 23.5 Å². The number of nitriles is 1. The van der Waals surface area contributed by atoms with E-state index < -0.39 is 36.1 Å². The molecule has 1 aromatic rings. The van der Waals surface area contributed by atoms with Crippen molar-refractivity contribution in [3.05, 3.63) is 29.3 Å². The minimum Gasteiger partial charge on any atom is -0.324 e. The number of hydrogen-bond acceptors (Lipinski definition) is 4. The molecule has 1 heterocycles. The van der Waals surface area contributed by atoms with Crippen molar-refractivity contribution in [2.24, 2.45) is 5.10 Å². The molecule has 0 saturated carbocycles. The number of alkyl halides is 4. The third-order valence-electron chi connectivity index (χ3n) is 3.06. The molecule has 0 fully saturated rings. The zero-order valence-corrected chi connectivity index (χ0v) is 11.1. The molecule has 1 aliphatic heterocycles. The Morgan fingerprint density at radius 1 is 1.50 bits per heavy atom. The van der Waals surface area contributed by atoms with E-state index in [4.69, 9.17) is 5.26 Å². The lowest BCUT2D eigenvalue weighted by atomic mass is 10.1. The lowest BCUT2D eigenvalue weighted by molar-refractivity contribution is -0.137. The molecule has 0 bridgehead atoms. The number of amides is 1. The summed E-state index contributed by atoms with van der Waals surface area (Å²) in [6.07, 6.45) is -3.20. The van der Waals surface area contributed by atoms with Crippen molar-refractivity contribution in [2.75, 3.05) is 12.1 Å². The second-order valence-corrected chi connectivity index (χ2v) is 4.47. The van der Waals surface area contributed by atoms with E-state index in [1.165, 1.54) is 18.4 Å². The fourth-order valence-corrected chi connectivity index (χ4v) is 1.99. The van der Waals surface area contributed by atoms with Crippen LogP contribution in [0.3, 0.4) is 0 Å². The summed E-state index contributed by atoms with van der Waals surface area (Å²) in [6.45, 7) is -0.976. The Labute approximate surface area is 122 Å². The van der Waals surface area contributed by atoms with Crippen molar-refractivity contribution < 1.29 is 22.4 Å². The molecule has 1 aliphatic rings. The van der Waals surface area contributed by atoms with Crippen molar-refractivity contribution in [1.29, 1.82) is 5.26 Å². The molecule has 0 aliphatic carbocycles. The van der Waals surface area contributed by atoms with E-state index in [9.17, 15) is 22.4 Å². The Kier molecular flexibility index (Phi) is 4.30. The molecule has 0 saturated heterocycles. The third kappa shape index (κ3) is 3.16. The summed E-state index contributed by atoms with van der Waals surface area (Å²) in [4.78, 5) is 12.0. The maximum Gasteiger partial charge on any atom is 0.417 e. The molecule has 1 atom stereocenters. The summed E-state index contributed by atoms with van der Waals surface area (Å²) in [7, 11) is 0. The standard InChI is InChI=1S/C13H10F4N4O/c14-7-21-11(3-4-19-21)12(22)20-9-2-1-8(6-18)10(5-9)13(15,16)17/h1-2,4-5,11H,3,7H2,(H,20,22). The second-order valence-electron chi connectivity index (χ2n) is 4.47. The van der Waals surface area contributed by atoms with Crippen molar-refractivity contribution in [3.63, 3.8) is 0 Å². The van der Waals surface area contributed by atoms with E-state index >= 15 is 0 Å². The Balaban J connectivity index is 2.20. The SMILES string of the molecule is N#Cc1ccc(NC(=O)C2CC=NN2CF)cc1C(F)(F)F. The lowest BCUT2D eigenvalue weighted by Gasteiger charge is -2.20.